The molecule has 0 saturated heterocycles. The molecule has 0 aliphatic carbocycles. The number of phenolic OH excluding ortho intramolecular Hbond substituents is 2. The van der Waals surface area contributed by atoms with Crippen LogP contribution in [-0.2, 0) is 0 Å². The first-order valence-corrected chi connectivity index (χ1v) is 3.90. The van der Waals surface area contributed by atoms with Crippen molar-refractivity contribution in [1.82, 2.24) is 4.98 Å². The van der Waals surface area contributed by atoms with Crippen LogP contribution in [0.4, 0.5) is 6.01 Å². The van der Waals surface area contributed by atoms with Crippen molar-refractivity contribution in [2.75, 3.05) is 5.73 Å². The van der Waals surface area contributed by atoms with Crippen molar-refractivity contribution in [2.24, 2.45) is 0 Å². The lowest BCUT2D eigenvalue weighted by atomic mass is 10.1. The SMILES string of the molecule is Nc1ncc(-c2ccc(O)c(O)c2)o1. The van der Waals surface area contributed by atoms with Crippen LogP contribution in [0.25, 0.3) is 11.3 Å². The van der Waals surface area contributed by atoms with Gasteiger partial charge in [-0.15, -0.1) is 0 Å². The maximum Gasteiger partial charge on any atom is 0.292 e. The zero-order valence-corrected chi connectivity index (χ0v) is 7.14. The lowest BCUT2D eigenvalue weighted by molar-refractivity contribution is 0.404. The number of aromatic hydroxyl groups is 2. The highest BCUT2D eigenvalue weighted by molar-refractivity contribution is 5.61. The van der Waals surface area contributed by atoms with Gasteiger partial charge in [0.25, 0.3) is 6.01 Å². The number of anilines is 1. The summed E-state index contributed by atoms with van der Waals surface area (Å²) in [5.74, 6) is 0.0523. The average molecular weight is 192 g/mol. The Morgan fingerprint density at radius 3 is 2.57 bits per heavy atom. The number of oxazole rings is 1. The lowest BCUT2D eigenvalue weighted by Gasteiger charge is -1.99. The highest BCUT2D eigenvalue weighted by atomic mass is 16.4. The van der Waals surface area contributed by atoms with Gasteiger partial charge < -0.3 is 20.4 Å². The number of hydrogen-bond acceptors (Lipinski definition) is 5. The molecule has 1 heterocycles. The van der Waals surface area contributed by atoms with E-state index < -0.39 is 0 Å². The average Bonchev–Trinajstić information content (AvgIpc) is 2.57. The van der Waals surface area contributed by atoms with Crippen LogP contribution in [0, 0.1) is 0 Å². The molecule has 0 aliphatic rings. The molecule has 14 heavy (non-hydrogen) atoms. The fourth-order valence-electron chi connectivity index (χ4n) is 1.10. The number of phenols is 2. The maximum absolute atomic E-state index is 9.22. The van der Waals surface area contributed by atoms with Gasteiger partial charge in [-0.2, -0.15) is 0 Å². The van der Waals surface area contributed by atoms with E-state index in [1.807, 2.05) is 0 Å². The van der Waals surface area contributed by atoms with Crippen LogP contribution in [0.1, 0.15) is 0 Å². The van der Waals surface area contributed by atoms with Gasteiger partial charge in [0.2, 0.25) is 0 Å². The van der Waals surface area contributed by atoms with Crippen LogP contribution in [0.15, 0.2) is 28.8 Å². The molecular formula is C9H8N2O3. The molecule has 0 amide bonds. The van der Waals surface area contributed by atoms with Crippen molar-refractivity contribution < 1.29 is 14.6 Å². The van der Waals surface area contributed by atoms with Crippen molar-refractivity contribution in [3.63, 3.8) is 0 Å². The molecule has 5 nitrogen and oxygen atoms in total. The molecular weight excluding hydrogens is 184 g/mol. The first kappa shape index (κ1) is 8.43. The third-order valence-corrected chi connectivity index (χ3v) is 1.78. The minimum Gasteiger partial charge on any atom is -0.504 e. The Kier molecular flexibility index (Phi) is 1.78. The topological polar surface area (TPSA) is 92.5 Å². The summed E-state index contributed by atoms with van der Waals surface area (Å²) in [6.45, 7) is 0. The monoisotopic (exact) mass is 192 g/mol. The second-order valence-electron chi connectivity index (χ2n) is 2.77. The third-order valence-electron chi connectivity index (χ3n) is 1.78. The summed E-state index contributed by atoms with van der Waals surface area (Å²) in [6.07, 6.45) is 1.45. The fourth-order valence-corrected chi connectivity index (χ4v) is 1.10. The molecule has 2 rings (SSSR count). The maximum atomic E-state index is 9.22. The van der Waals surface area contributed by atoms with Crippen molar-refractivity contribution >= 4 is 6.01 Å². The zero-order valence-electron chi connectivity index (χ0n) is 7.14. The molecule has 0 radical (unpaired) electrons. The molecule has 0 spiro atoms. The van der Waals surface area contributed by atoms with Gasteiger partial charge in [0.05, 0.1) is 6.20 Å². The molecule has 72 valence electrons. The van der Waals surface area contributed by atoms with E-state index in [-0.39, 0.29) is 17.5 Å². The molecule has 1 aromatic carbocycles. The highest BCUT2D eigenvalue weighted by Crippen LogP contribution is 2.30. The number of nitrogens with zero attached hydrogens (tertiary/aromatic N) is 1. The van der Waals surface area contributed by atoms with Crippen molar-refractivity contribution in [3.8, 4) is 22.8 Å². The molecule has 0 bridgehead atoms. The predicted molar refractivity (Wildman–Crippen MR) is 49.7 cm³/mol. The van der Waals surface area contributed by atoms with E-state index in [2.05, 4.69) is 4.98 Å². The largest absolute Gasteiger partial charge is 0.504 e. The molecule has 0 unspecified atom stereocenters. The van der Waals surface area contributed by atoms with Gasteiger partial charge in [-0.05, 0) is 18.2 Å². The molecule has 0 saturated carbocycles. The number of rotatable bonds is 1. The van der Waals surface area contributed by atoms with Gasteiger partial charge >= 0.3 is 0 Å². The van der Waals surface area contributed by atoms with Gasteiger partial charge in [0, 0.05) is 5.56 Å². The van der Waals surface area contributed by atoms with Gasteiger partial charge in [0.15, 0.2) is 17.3 Å². The quantitative estimate of drug-likeness (QED) is 0.593. The molecule has 4 N–H and O–H groups in total. The van der Waals surface area contributed by atoms with Gasteiger partial charge in [-0.1, -0.05) is 0 Å². The number of aromatic nitrogens is 1. The number of nitrogen functional groups attached to an aromatic ring is 1. The van der Waals surface area contributed by atoms with Crippen LogP contribution in [-0.4, -0.2) is 15.2 Å². The Hall–Kier alpha value is -2.17. The zero-order chi connectivity index (χ0) is 10.1. The fraction of sp³-hybridized carbons (Fsp3) is 0. The van der Waals surface area contributed by atoms with Gasteiger partial charge in [0.1, 0.15) is 0 Å². The Bertz CT molecular complexity index is 465. The Morgan fingerprint density at radius 2 is 2.00 bits per heavy atom. The first-order chi connectivity index (χ1) is 6.66. The van der Waals surface area contributed by atoms with E-state index in [4.69, 9.17) is 15.3 Å². The predicted octanol–water partition coefficient (Wildman–Crippen LogP) is 1.33. The van der Waals surface area contributed by atoms with E-state index in [9.17, 15) is 5.11 Å². The second kappa shape index (κ2) is 2.95. The summed E-state index contributed by atoms with van der Waals surface area (Å²) < 4.78 is 5.04. The van der Waals surface area contributed by atoms with Crippen molar-refractivity contribution in [2.45, 2.75) is 0 Å². The normalized spacial score (nSPS) is 10.3. The second-order valence-corrected chi connectivity index (χ2v) is 2.77. The minimum absolute atomic E-state index is 0.0626. The van der Waals surface area contributed by atoms with E-state index in [0.29, 0.717) is 11.3 Å². The standard InChI is InChI=1S/C9H8N2O3/c10-9-11-4-8(14-9)5-1-2-6(12)7(13)3-5/h1-4,12-13H,(H2,10,11). The van der Waals surface area contributed by atoms with Crippen LogP contribution in [0.5, 0.6) is 11.5 Å². The number of nitrogens with two attached hydrogens (primary N) is 1. The molecule has 0 atom stereocenters. The molecule has 5 heteroatoms. The summed E-state index contributed by atoms with van der Waals surface area (Å²) in [5, 5.41) is 18.3. The summed E-state index contributed by atoms with van der Waals surface area (Å²) in [7, 11) is 0. The van der Waals surface area contributed by atoms with Gasteiger partial charge in [-0.25, -0.2) is 4.98 Å². The highest BCUT2D eigenvalue weighted by Gasteiger charge is 2.06. The lowest BCUT2D eigenvalue weighted by Crippen LogP contribution is -1.80. The first-order valence-electron chi connectivity index (χ1n) is 3.90. The number of hydrogen-bond donors (Lipinski definition) is 3. The molecule has 0 fully saturated rings. The molecule has 0 aliphatic heterocycles. The van der Waals surface area contributed by atoms with Crippen molar-refractivity contribution in [1.29, 1.82) is 0 Å². The molecule has 1 aromatic heterocycles. The smallest absolute Gasteiger partial charge is 0.292 e. The van der Waals surface area contributed by atoms with Gasteiger partial charge in [-0.3, -0.25) is 0 Å². The summed E-state index contributed by atoms with van der Waals surface area (Å²) in [4.78, 5) is 3.71. The third kappa shape index (κ3) is 1.35. The summed E-state index contributed by atoms with van der Waals surface area (Å²) in [5.41, 5.74) is 5.90. The van der Waals surface area contributed by atoms with E-state index in [1.165, 1.54) is 18.3 Å². The summed E-state index contributed by atoms with van der Waals surface area (Å²) >= 11 is 0. The van der Waals surface area contributed by atoms with Crippen LogP contribution < -0.4 is 5.73 Å². The van der Waals surface area contributed by atoms with Crippen LogP contribution in [0.2, 0.25) is 0 Å². The van der Waals surface area contributed by atoms with Crippen molar-refractivity contribution in [3.05, 3.63) is 24.4 Å². The summed E-state index contributed by atoms with van der Waals surface area (Å²) in [6, 6.07) is 4.39. The van der Waals surface area contributed by atoms with E-state index in [1.54, 1.807) is 6.07 Å². The van der Waals surface area contributed by atoms with Crippen LogP contribution in [0.3, 0.4) is 0 Å². The Balaban J connectivity index is 2.47. The van der Waals surface area contributed by atoms with E-state index >= 15 is 0 Å². The number of benzene rings is 1. The van der Waals surface area contributed by atoms with E-state index in [0.717, 1.165) is 0 Å². The Labute approximate surface area is 79.4 Å². The minimum atomic E-state index is -0.211. The Morgan fingerprint density at radius 1 is 1.21 bits per heavy atom. The van der Waals surface area contributed by atoms with Crippen LogP contribution >= 0.6 is 0 Å². The molecule has 2 aromatic rings.